The third kappa shape index (κ3) is 5.88. The molecule has 13 aromatic rings. The van der Waals surface area contributed by atoms with E-state index in [1.165, 1.54) is 0 Å². The average molecular weight is 819 g/mol. The minimum Gasteiger partial charge on any atom is -0.456 e. The van der Waals surface area contributed by atoms with Gasteiger partial charge in [-0.15, -0.1) is 0 Å². The lowest BCUT2D eigenvalue weighted by molar-refractivity contribution is 0.622. The van der Waals surface area contributed by atoms with Gasteiger partial charge in [0.15, 0.2) is 23.1 Å². The fourth-order valence-electron chi connectivity index (χ4n) is 9.31. The van der Waals surface area contributed by atoms with Crippen molar-refractivity contribution in [3.63, 3.8) is 0 Å². The number of oxazole rings is 1. The molecule has 0 saturated heterocycles. The molecule has 0 amide bonds. The fraction of sp³-hybridized carbons (Fsp3) is 0. The van der Waals surface area contributed by atoms with Gasteiger partial charge in [0.1, 0.15) is 16.7 Å². The van der Waals surface area contributed by atoms with Crippen LogP contribution in [0.25, 0.3) is 133 Å². The molecule has 0 aliphatic heterocycles. The molecule has 0 bridgehead atoms. The molecule has 0 radical (unpaired) electrons. The van der Waals surface area contributed by atoms with Crippen molar-refractivity contribution in [3.05, 3.63) is 206 Å². The van der Waals surface area contributed by atoms with E-state index in [4.69, 9.17) is 28.8 Å². The standard InChI is InChI=1S/C58H34N4O2/c1-2-14-39(15-3-1)58-59-50-32-33-51-53(54(50)64-58)49-29-28-40(34-52(49)63-51)44-31-30-43(45-20-8-9-21-46(44)45)37-24-26-38(27-25-37)55-60-56(47-22-10-16-35-12-4-6-18-41(35)47)62-57(61-55)48-23-11-17-36-13-5-7-19-42(36)48/h1-34H. The zero-order valence-corrected chi connectivity index (χ0v) is 34.2. The van der Waals surface area contributed by atoms with Crippen LogP contribution in [0.5, 0.6) is 0 Å². The molecule has 298 valence electrons. The van der Waals surface area contributed by atoms with Crippen molar-refractivity contribution in [3.8, 4) is 67.9 Å². The molecule has 0 unspecified atom stereocenters. The molecule has 6 nitrogen and oxygen atoms in total. The number of furan rings is 1. The quantitative estimate of drug-likeness (QED) is 0.166. The van der Waals surface area contributed by atoms with E-state index in [1.807, 2.05) is 42.5 Å². The number of benzene rings is 10. The molecule has 0 fully saturated rings. The molecule has 0 N–H and O–H groups in total. The van der Waals surface area contributed by atoms with E-state index in [2.05, 4.69) is 164 Å². The molecule has 3 heterocycles. The molecule has 0 aliphatic rings. The minimum absolute atomic E-state index is 0.595. The summed E-state index contributed by atoms with van der Waals surface area (Å²) >= 11 is 0. The monoisotopic (exact) mass is 818 g/mol. The van der Waals surface area contributed by atoms with Crippen LogP contribution in [-0.4, -0.2) is 19.9 Å². The Morgan fingerprint density at radius 3 is 1.52 bits per heavy atom. The van der Waals surface area contributed by atoms with Crippen LogP contribution in [0.4, 0.5) is 0 Å². The van der Waals surface area contributed by atoms with E-state index in [0.29, 0.717) is 23.4 Å². The average Bonchev–Trinajstić information content (AvgIpc) is 3.98. The summed E-state index contributed by atoms with van der Waals surface area (Å²) in [6.07, 6.45) is 0. The van der Waals surface area contributed by atoms with Crippen molar-refractivity contribution < 1.29 is 8.83 Å². The summed E-state index contributed by atoms with van der Waals surface area (Å²) in [5.74, 6) is 2.49. The Hall–Kier alpha value is -8.74. The lowest BCUT2D eigenvalue weighted by Crippen LogP contribution is -2.01. The Labute approximate surface area is 366 Å². The SMILES string of the molecule is c1ccc(-c2nc3ccc4oc5cc(-c6ccc(-c7ccc(-c8nc(-c9cccc%10ccccc9%10)nc(-c9cccc%10ccccc9%10)n8)cc7)c7ccccc67)ccc5c4c3o2)cc1. The minimum atomic E-state index is 0.595. The first kappa shape index (κ1) is 36.0. The fourth-order valence-corrected chi connectivity index (χ4v) is 9.31. The van der Waals surface area contributed by atoms with Crippen LogP contribution in [0.15, 0.2) is 215 Å². The highest BCUT2D eigenvalue weighted by Crippen LogP contribution is 2.41. The predicted molar refractivity (Wildman–Crippen MR) is 260 cm³/mol. The maximum Gasteiger partial charge on any atom is 0.227 e. The lowest BCUT2D eigenvalue weighted by atomic mass is 9.91. The van der Waals surface area contributed by atoms with Gasteiger partial charge in [-0.2, -0.15) is 0 Å². The summed E-state index contributed by atoms with van der Waals surface area (Å²) in [4.78, 5) is 20.3. The summed E-state index contributed by atoms with van der Waals surface area (Å²) < 4.78 is 12.9. The van der Waals surface area contributed by atoms with Crippen molar-refractivity contribution in [2.75, 3.05) is 0 Å². The van der Waals surface area contributed by atoms with Gasteiger partial charge in [-0.3, -0.25) is 0 Å². The highest BCUT2D eigenvalue weighted by Gasteiger charge is 2.19. The van der Waals surface area contributed by atoms with Crippen molar-refractivity contribution in [2.24, 2.45) is 0 Å². The second-order valence-electron chi connectivity index (χ2n) is 16.1. The number of nitrogens with zero attached hydrogens (tertiary/aromatic N) is 4. The Morgan fingerprint density at radius 1 is 0.297 bits per heavy atom. The predicted octanol–water partition coefficient (Wildman–Crippen LogP) is 15.4. The third-order valence-corrected chi connectivity index (χ3v) is 12.4. The summed E-state index contributed by atoms with van der Waals surface area (Å²) in [6, 6.07) is 71.3. The van der Waals surface area contributed by atoms with Crippen LogP contribution in [0, 0.1) is 0 Å². The zero-order chi connectivity index (χ0) is 42.1. The van der Waals surface area contributed by atoms with Gasteiger partial charge in [0.2, 0.25) is 5.89 Å². The van der Waals surface area contributed by atoms with Crippen molar-refractivity contribution in [1.82, 2.24) is 19.9 Å². The third-order valence-electron chi connectivity index (χ3n) is 12.4. The number of aromatic nitrogens is 4. The highest BCUT2D eigenvalue weighted by atomic mass is 16.4. The maximum absolute atomic E-state index is 6.49. The maximum atomic E-state index is 6.49. The molecule has 3 aromatic heterocycles. The molecule has 64 heavy (non-hydrogen) atoms. The van der Waals surface area contributed by atoms with Gasteiger partial charge >= 0.3 is 0 Å². The van der Waals surface area contributed by atoms with E-state index in [1.54, 1.807) is 0 Å². The first-order chi connectivity index (χ1) is 31.7. The van der Waals surface area contributed by atoms with Gasteiger partial charge in [-0.25, -0.2) is 19.9 Å². The van der Waals surface area contributed by atoms with E-state index < -0.39 is 0 Å². The van der Waals surface area contributed by atoms with Crippen LogP contribution in [0.1, 0.15) is 0 Å². The van der Waals surface area contributed by atoms with Crippen LogP contribution in [0.2, 0.25) is 0 Å². The van der Waals surface area contributed by atoms with Gasteiger partial charge in [-0.05, 0) is 91.0 Å². The van der Waals surface area contributed by atoms with E-state index >= 15 is 0 Å². The first-order valence-corrected chi connectivity index (χ1v) is 21.4. The van der Waals surface area contributed by atoms with Gasteiger partial charge in [0.05, 0.1) is 5.39 Å². The topological polar surface area (TPSA) is 77.8 Å². The molecule has 13 rings (SSSR count). The molecule has 0 atom stereocenters. The van der Waals surface area contributed by atoms with E-state index in [-0.39, 0.29) is 0 Å². The normalized spacial score (nSPS) is 11.8. The molecule has 0 aliphatic carbocycles. The molecular weight excluding hydrogens is 785 g/mol. The number of rotatable bonds is 6. The number of hydrogen-bond donors (Lipinski definition) is 0. The van der Waals surface area contributed by atoms with E-state index in [9.17, 15) is 0 Å². The van der Waals surface area contributed by atoms with Gasteiger partial charge in [-0.1, -0.05) is 170 Å². The summed E-state index contributed by atoms with van der Waals surface area (Å²) in [5.41, 5.74) is 11.3. The second kappa shape index (κ2) is 14.4. The lowest BCUT2D eigenvalue weighted by Gasteiger charge is -2.13. The van der Waals surface area contributed by atoms with Crippen molar-refractivity contribution >= 4 is 65.4 Å². The Morgan fingerprint density at radius 2 is 0.844 bits per heavy atom. The van der Waals surface area contributed by atoms with Crippen LogP contribution < -0.4 is 0 Å². The van der Waals surface area contributed by atoms with Crippen LogP contribution in [0.3, 0.4) is 0 Å². The summed E-state index contributed by atoms with van der Waals surface area (Å²) in [5, 5.41) is 8.71. The number of fused-ring (bicyclic) bond motifs is 8. The Bertz CT molecular complexity index is 3860. The number of hydrogen-bond acceptors (Lipinski definition) is 6. The van der Waals surface area contributed by atoms with Crippen molar-refractivity contribution in [1.29, 1.82) is 0 Å². The molecule has 0 saturated carbocycles. The molecule has 6 heteroatoms. The smallest absolute Gasteiger partial charge is 0.227 e. The van der Waals surface area contributed by atoms with Gasteiger partial charge in [0.25, 0.3) is 0 Å². The van der Waals surface area contributed by atoms with Gasteiger partial charge < -0.3 is 8.83 Å². The summed E-state index contributed by atoms with van der Waals surface area (Å²) in [6.45, 7) is 0. The highest BCUT2D eigenvalue weighted by molar-refractivity contribution is 6.17. The first-order valence-electron chi connectivity index (χ1n) is 21.4. The Kier molecular flexibility index (Phi) is 8.11. The molecular formula is C58H34N4O2. The molecule has 10 aromatic carbocycles. The summed E-state index contributed by atoms with van der Waals surface area (Å²) in [7, 11) is 0. The van der Waals surface area contributed by atoms with Gasteiger partial charge in [0, 0.05) is 27.6 Å². The largest absolute Gasteiger partial charge is 0.456 e. The Balaban J connectivity index is 0.889. The van der Waals surface area contributed by atoms with E-state index in [0.717, 1.165) is 110 Å². The van der Waals surface area contributed by atoms with Crippen molar-refractivity contribution in [2.45, 2.75) is 0 Å². The van der Waals surface area contributed by atoms with Crippen LogP contribution in [-0.2, 0) is 0 Å². The second-order valence-corrected chi connectivity index (χ2v) is 16.1. The molecule has 0 spiro atoms. The van der Waals surface area contributed by atoms with Crippen LogP contribution >= 0.6 is 0 Å². The zero-order valence-electron chi connectivity index (χ0n) is 34.2.